The normalized spacial score (nSPS) is 13.7. The molecule has 0 saturated carbocycles. The highest BCUT2D eigenvalue weighted by Crippen LogP contribution is 2.30. The number of hydrogen-bond acceptors (Lipinski definition) is 4. The number of halogens is 1. The number of aromatic amines is 1. The van der Waals surface area contributed by atoms with E-state index in [9.17, 15) is 9.59 Å². The number of amides is 3. The van der Waals surface area contributed by atoms with E-state index in [-0.39, 0.29) is 11.9 Å². The molecule has 0 bridgehead atoms. The summed E-state index contributed by atoms with van der Waals surface area (Å²) in [7, 11) is 3.37. The number of urea groups is 1. The summed E-state index contributed by atoms with van der Waals surface area (Å²) >= 11 is 6.38. The first-order valence-electron chi connectivity index (χ1n) is 9.35. The smallest absolute Gasteiger partial charge is 0.321 e. The average Bonchev–Trinajstić information content (AvgIpc) is 3.38. The minimum Gasteiger partial charge on any atom is -0.345 e. The molecular weight excluding hydrogens is 392 g/mol. The van der Waals surface area contributed by atoms with Crippen LogP contribution in [0.3, 0.4) is 0 Å². The van der Waals surface area contributed by atoms with Crippen LogP contribution in [-0.2, 0) is 0 Å². The Labute approximate surface area is 172 Å². The van der Waals surface area contributed by atoms with Crippen LogP contribution in [0.1, 0.15) is 23.2 Å². The fourth-order valence-corrected chi connectivity index (χ4v) is 3.52. The Hall–Kier alpha value is -3.13. The third-order valence-corrected chi connectivity index (χ3v) is 5.19. The van der Waals surface area contributed by atoms with Crippen LogP contribution < -0.4 is 5.32 Å². The number of aromatic nitrogens is 3. The maximum Gasteiger partial charge on any atom is 0.321 e. The molecule has 0 atom stereocenters. The van der Waals surface area contributed by atoms with Crippen LogP contribution in [0.5, 0.6) is 0 Å². The number of H-pyrrole nitrogens is 1. The monoisotopic (exact) mass is 412 g/mol. The first-order valence-corrected chi connectivity index (χ1v) is 9.73. The fourth-order valence-electron chi connectivity index (χ4n) is 3.31. The first kappa shape index (κ1) is 19.2. The van der Waals surface area contributed by atoms with Crippen LogP contribution in [0, 0.1) is 0 Å². The highest BCUT2D eigenvalue weighted by atomic mass is 35.5. The molecule has 1 aliphatic rings. The molecule has 3 heterocycles. The molecule has 3 amide bonds. The van der Waals surface area contributed by atoms with E-state index in [1.54, 1.807) is 43.3 Å². The Morgan fingerprint density at radius 3 is 2.69 bits per heavy atom. The van der Waals surface area contributed by atoms with Gasteiger partial charge in [-0.05, 0) is 37.1 Å². The van der Waals surface area contributed by atoms with Crippen molar-refractivity contribution in [3.8, 4) is 11.4 Å². The minimum absolute atomic E-state index is 0.117. The minimum atomic E-state index is -0.139. The third-order valence-electron chi connectivity index (χ3n) is 4.86. The number of benzene rings is 1. The fraction of sp³-hybridized carbons (Fsp3) is 0.300. The lowest BCUT2D eigenvalue weighted by molar-refractivity contribution is 0.0827. The highest BCUT2D eigenvalue weighted by Gasteiger charge is 2.19. The number of imidazole rings is 1. The molecule has 1 saturated heterocycles. The Kier molecular flexibility index (Phi) is 5.10. The summed E-state index contributed by atoms with van der Waals surface area (Å²) in [6.45, 7) is 1.55. The summed E-state index contributed by atoms with van der Waals surface area (Å²) in [6.07, 6.45) is 3.57. The van der Waals surface area contributed by atoms with Crippen molar-refractivity contribution in [3.05, 3.63) is 41.0 Å². The van der Waals surface area contributed by atoms with E-state index in [0.29, 0.717) is 38.8 Å². The Morgan fingerprint density at radius 1 is 1.21 bits per heavy atom. The van der Waals surface area contributed by atoms with Gasteiger partial charge >= 0.3 is 6.03 Å². The number of nitrogens with zero attached hydrogens (tertiary/aromatic N) is 4. The van der Waals surface area contributed by atoms with Gasteiger partial charge in [0.2, 0.25) is 0 Å². The molecule has 0 radical (unpaired) electrons. The molecule has 29 heavy (non-hydrogen) atoms. The second-order valence-electron chi connectivity index (χ2n) is 7.20. The SMILES string of the molecule is CN(C)C(=O)c1cnc2nc(-c3cc(NC(=O)N4CCCC4)ccc3Cl)[nH]c2c1. The van der Waals surface area contributed by atoms with Gasteiger partial charge < -0.3 is 20.1 Å². The largest absolute Gasteiger partial charge is 0.345 e. The lowest BCUT2D eigenvalue weighted by Gasteiger charge is -2.16. The quantitative estimate of drug-likeness (QED) is 0.687. The van der Waals surface area contributed by atoms with Gasteiger partial charge in [0.05, 0.1) is 16.1 Å². The zero-order valence-electron chi connectivity index (χ0n) is 16.2. The van der Waals surface area contributed by atoms with Gasteiger partial charge in [0.25, 0.3) is 5.91 Å². The Bertz CT molecular complexity index is 1090. The van der Waals surface area contributed by atoms with E-state index in [0.717, 1.165) is 25.9 Å². The highest BCUT2D eigenvalue weighted by molar-refractivity contribution is 6.33. The van der Waals surface area contributed by atoms with Crippen LogP contribution in [0.2, 0.25) is 5.02 Å². The lowest BCUT2D eigenvalue weighted by Crippen LogP contribution is -2.32. The molecule has 3 aromatic rings. The van der Waals surface area contributed by atoms with Gasteiger partial charge in [-0.1, -0.05) is 11.6 Å². The molecule has 1 fully saturated rings. The van der Waals surface area contributed by atoms with Crippen molar-refractivity contribution in [2.45, 2.75) is 12.8 Å². The van der Waals surface area contributed by atoms with Gasteiger partial charge in [0.15, 0.2) is 5.65 Å². The number of pyridine rings is 1. The van der Waals surface area contributed by atoms with E-state index in [1.165, 1.54) is 11.1 Å². The van der Waals surface area contributed by atoms with Crippen LogP contribution in [-0.4, -0.2) is 63.9 Å². The first-order chi connectivity index (χ1) is 13.9. The van der Waals surface area contributed by atoms with Crippen molar-refractivity contribution in [1.29, 1.82) is 0 Å². The molecule has 0 spiro atoms. The van der Waals surface area contributed by atoms with Gasteiger partial charge in [-0.3, -0.25) is 4.79 Å². The zero-order valence-corrected chi connectivity index (χ0v) is 17.0. The molecule has 2 N–H and O–H groups in total. The van der Waals surface area contributed by atoms with Gasteiger partial charge in [0, 0.05) is 44.6 Å². The average molecular weight is 413 g/mol. The molecule has 0 unspecified atom stereocenters. The number of rotatable bonds is 3. The molecule has 9 heteroatoms. The lowest BCUT2D eigenvalue weighted by atomic mass is 10.2. The summed E-state index contributed by atoms with van der Waals surface area (Å²) in [5, 5.41) is 3.41. The second kappa shape index (κ2) is 7.71. The summed E-state index contributed by atoms with van der Waals surface area (Å²) in [4.78, 5) is 39.7. The number of nitrogens with one attached hydrogen (secondary N) is 2. The molecule has 0 aliphatic carbocycles. The van der Waals surface area contributed by atoms with Crippen molar-refractivity contribution >= 4 is 40.4 Å². The van der Waals surface area contributed by atoms with Crippen LogP contribution in [0.25, 0.3) is 22.6 Å². The molecule has 150 valence electrons. The zero-order chi connectivity index (χ0) is 20.5. The van der Waals surface area contributed by atoms with Crippen molar-refractivity contribution in [3.63, 3.8) is 0 Å². The van der Waals surface area contributed by atoms with E-state index in [4.69, 9.17) is 11.6 Å². The van der Waals surface area contributed by atoms with Crippen LogP contribution in [0.15, 0.2) is 30.5 Å². The predicted molar refractivity (Wildman–Crippen MR) is 112 cm³/mol. The van der Waals surface area contributed by atoms with Crippen molar-refractivity contribution in [2.75, 3.05) is 32.5 Å². The van der Waals surface area contributed by atoms with E-state index >= 15 is 0 Å². The van der Waals surface area contributed by atoms with Crippen molar-refractivity contribution < 1.29 is 9.59 Å². The third kappa shape index (κ3) is 3.88. The summed E-state index contributed by atoms with van der Waals surface area (Å²) in [6, 6.07) is 6.86. The number of anilines is 1. The summed E-state index contributed by atoms with van der Waals surface area (Å²) in [5.41, 5.74) is 2.87. The predicted octanol–water partition coefficient (Wildman–Crippen LogP) is 3.61. The summed E-state index contributed by atoms with van der Waals surface area (Å²) in [5.74, 6) is 0.379. The molecule has 8 nitrogen and oxygen atoms in total. The number of hydrogen-bond donors (Lipinski definition) is 2. The van der Waals surface area contributed by atoms with Gasteiger partial charge in [-0.15, -0.1) is 0 Å². The maximum absolute atomic E-state index is 12.4. The summed E-state index contributed by atoms with van der Waals surface area (Å²) < 4.78 is 0. The van der Waals surface area contributed by atoms with Crippen molar-refractivity contribution in [1.82, 2.24) is 24.8 Å². The second-order valence-corrected chi connectivity index (χ2v) is 7.61. The van der Waals surface area contributed by atoms with Gasteiger partial charge in [0.1, 0.15) is 5.82 Å². The molecule has 2 aromatic heterocycles. The van der Waals surface area contributed by atoms with E-state index in [2.05, 4.69) is 20.3 Å². The van der Waals surface area contributed by atoms with E-state index < -0.39 is 0 Å². The maximum atomic E-state index is 12.4. The van der Waals surface area contributed by atoms with Crippen LogP contribution in [0.4, 0.5) is 10.5 Å². The molecular formula is C20H21ClN6O2. The Balaban J connectivity index is 1.64. The number of carbonyl (C=O) groups is 2. The van der Waals surface area contributed by atoms with Crippen LogP contribution >= 0.6 is 11.6 Å². The topological polar surface area (TPSA) is 94.2 Å². The number of fused-ring (bicyclic) bond motifs is 1. The number of carbonyl (C=O) groups excluding carboxylic acids is 2. The Morgan fingerprint density at radius 2 is 1.97 bits per heavy atom. The molecule has 1 aromatic carbocycles. The van der Waals surface area contributed by atoms with E-state index in [1.807, 2.05) is 0 Å². The van der Waals surface area contributed by atoms with Gasteiger partial charge in [-0.2, -0.15) is 0 Å². The van der Waals surface area contributed by atoms with Gasteiger partial charge in [-0.25, -0.2) is 14.8 Å². The molecule has 4 rings (SSSR count). The number of likely N-dealkylation sites (tertiary alicyclic amines) is 1. The standard InChI is InChI=1S/C20H21ClN6O2/c1-26(2)19(28)12-9-16-18(22-11-12)25-17(24-16)14-10-13(5-6-15(14)21)23-20(29)27-7-3-4-8-27/h5-6,9-11H,3-4,7-8H2,1-2H3,(H,23,29)(H,22,24,25). The molecule has 1 aliphatic heterocycles. The van der Waals surface area contributed by atoms with Crippen molar-refractivity contribution in [2.24, 2.45) is 0 Å².